The molecule has 2 aliphatic rings. The fourth-order valence-electron chi connectivity index (χ4n) is 1.51. The molecule has 0 aromatic rings. The summed E-state index contributed by atoms with van der Waals surface area (Å²) < 4.78 is 0. The van der Waals surface area contributed by atoms with Crippen LogP contribution in [0, 0.1) is 11.8 Å². The van der Waals surface area contributed by atoms with E-state index in [0.29, 0.717) is 0 Å². The lowest BCUT2D eigenvalue weighted by Gasteiger charge is -2.24. The summed E-state index contributed by atoms with van der Waals surface area (Å²) in [6.07, 6.45) is 5.58. The summed E-state index contributed by atoms with van der Waals surface area (Å²) in [7, 11) is 0. The van der Waals surface area contributed by atoms with Gasteiger partial charge in [0.25, 0.3) is 0 Å². The molecule has 2 aliphatic carbocycles. The minimum Gasteiger partial charge on any atom is -0.247 e. The Hall–Kier alpha value is -1.06. The predicted molar refractivity (Wildman–Crippen MR) is 46.9 cm³/mol. The Morgan fingerprint density at radius 3 is 1.36 bits per heavy atom. The van der Waals surface area contributed by atoms with Crippen molar-refractivity contribution in [3.05, 3.63) is 0 Å². The van der Waals surface area contributed by atoms with E-state index >= 15 is 0 Å². The summed E-state index contributed by atoms with van der Waals surface area (Å²) in [5.41, 5.74) is 0. The summed E-state index contributed by atoms with van der Waals surface area (Å²) in [5.74, 6) is -0.846. The zero-order valence-electron chi connectivity index (χ0n) is 8.03. The van der Waals surface area contributed by atoms with Gasteiger partial charge < -0.3 is 0 Å². The highest BCUT2D eigenvalue weighted by Gasteiger charge is 2.31. The average Bonchev–Trinajstić information content (AvgIpc) is 1.94. The van der Waals surface area contributed by atoms with Gasteiger partial charge in [-0.25, -0.2) is 19.4 Å². The monoisotopic (exact) mass is 198 g/mol. The molecule has 14 heavy (non-hydrogen) atoms. The molecule has 0 N–H and O–H groups in total. The molecule has 0 atom stereocenters. The van der Waals surface area contributed by atoms with Crippen molar-refractivity contribution >= 4 is 11.9 Å². The van der Waals surface area contributed by atoms with Gasteiger partial charge >= 0.3 is 11.9 Å². The van der Waals surface area contributed by atoms with E-state index < -0.39 is 0 Å². The second-order valence-electron chi connectivity index (χ2n) is 4.06. The van der Waals surface area contributed by atoms with Crippen molar-refractivity contribution < 1.29 is 19.4 Å². The molecule has 0 aromatic heterocycles. The van der Waals surface area contributed by atoms with Gasteiger partial charge in [-0.1, -0.05) is 12.8 Å². The highest BCUT2D eigenvalue weighted by Crippen LogP contribution is 2.29. The van der Waals surface area contributed by atoms with Gasteiger partial charge in [-0.3, -0.25) is 0 Å². The van der Waals surface area contributed by atoms with Crippen LogP contribution in [0.25, 0.3) is 0 Å². The van der Waals surface area contributed by atoms with Crippen LogP contribution in [-0.4, -0.2) is 11.9 Å². The molecule has 0 bridgehead atoms. The Morgan fingerprint density at radius 2 is 1.14 bits per heavy atom. The first-order valence-corrected chi connectivity index (χ1v) is 5.19. The Balaban J connectivity index is 1.65. The molecular formula is C10H14O4. The average molecular weight is 198 g/mol. The molecular weight excluding hydrogens is 184 g/mol. The molecule has 0 saturated heterocycles. The summed E-state index contributed by atoms with van der Waals surface area (Å²) in [5, 5.41) is 0. The maximum atomic E-state index is 11.2. The molecule has 0 spiro atoms. The number of hydrogen-bond donors (Lipinski definition) is 0. The Labute approximate surface area is 82.5 Å². The van der Waals surface area contributed by atoms with Gasteiger partial charge in [0.05, 0.1) is 11.8 Å². The van der Waals surface area contributed by atoms with E-state index in [2.05, 4.69) is 9.78 Å². The van der Waals surface area contributed by atoms with Crippen molar-refractivity contribution in [2.45, 2.75) is 38.5 Å². The fourth-order valence-corrected chi connectivity index (χ4v) is 1.51. The van der Waals surface area contributed by atoms with E-state index in [-0.39, 0.29) is 23.8 Å². The molecule has 2 fully saturated rings. The smallest absolute Gasteiger partial charge is 0.247 e. The Morgan fingerprint density at radius 1 is 0.786 bits per heavy atom. The van der Waals surface area contributed by atoms with Gasteiger partial charge in [-0.15, -0.1) is 0 Å². The first-order chi connectivity index (χ1) is 6.77. The predicted octanol–water partition coefficient (Wildman–Crippen LogP) is 1.59. The summed E-state index contributed by atoms with van der Waals surface area (Å²) in [4.78, 5) is 31.3. The summed E-state index contributed by atoms with van der Waals surface area (Å²) in [6.45, 7) is 0. The van der Waals surface area contributed by atoms with E-state index in [1.807, 2.05) is 0 Å². The molecule has 0 aromatic carbocycles. The molecule has 0 aliphatic heterocycles. The minimum atomic E-state index is -0.385. The van der Waals surface area contributed by atoms with Crippen molar-refractivity contribution in [3.63, 3.8) is 0 Å². The molecule has 4 heteroatoms. The van der Waals surface area contributed by atoms with Crippen LogP contribution in [-0.2, 0) is 19.4 Å². The first-order valence-electron chi connectivity index (χ1n) is 5.19. The Bertz CT molecular complexity index is 215. The molecule has 2 rings (SSSR count). The van der Waals surface area contributed by atoms with Crippen molar-refractivity contribution in [2.24, 2.45) is 11.8 Å². The third-order valence-electron chi connectivity index (χ3n) is 3.08. The topological polar surface area (TPSA) is 52.6 Å². The van der Waals surface area contributed by atoms with Crippen LogP contribution >= 0.6 is 0 Å². The maximum Gasteiger partial charge on any atom is 0.358 e. The second kappa shape index (κ2) is 3.98. The van der Waals surface area contributed by atoms with E-state index in [1.165, 1.54) is 0 Å². The largest absolute Gasteiger partial charge is 0.358 e. The van der Waals surface area contributed by atoms with Gasteiger partial charge in [0.2, 0.25) is 0 Å². The molecule has 0 heterocycles. The van der Waals surface area contributed by atoms with Crippen LogP contribution < -0.4 is 0 Å². The second-order valence-corrected chi connectivity index (χ2v) is 4.06. The summed E-state index contributed by atoms with van der Waals surface area (Å²) in [6, 6.07) is 0. The van der Waals surface area contributed by atoms with Crippen molar-refractivity contribution in [1.29, 1.82) is 0 Å². The van der Waals surface area contributed by atoms with Crippen LogP contribution in [0.1, 0.15) is 38.5 Å². The van der Waals surface area contributed by atoms with Gasteiger partial charge in [0, 0.05) is 0 Å². The van der Waals surface area contributed by atoms with Gasteiger partial charge in [-0.2, -0.15) is 0 Å². The van der Waals surface area contributed by atoms with Crippen LogP contribution in [0.4, 0.5) is 0 Å². The minimum absolute atomic E-state index is 0.0378. The molecule has 4 nitrogen and oxygen atoms in total. The van der Waals surface area contributed by atoms with Crippen molar-refractivity contribution in [1.82, 2.24) is 0 Å². The van der Waals surface area contributed by atoms with Crippen molar-refractivity contribution in [2.75, 3.05) is 0 Å². The molecule has 0 radical (unpaired) electrons. The molecule has 0 amide bonds. The SMILES string of the molecule is O=C(OOC(=O)C1CCC1)C1CCC1. The number of rotatable bonds is 2. The fraction of sp³-hybridized carbons (Fsp3) is 0.800. The highest BCUT2D eigenvalue weighted by atomic mass is 17.2. The van der Waals surface area contributed by atoms with E-state index in [4.69, 9.17) is 0 Å². The third-order valence-corrected chi connectivity index (χ3v) is 3.08. The van der Waals surface area contributed by atoms with Crippen LogP contribution in [0.15, 0.2) is 0 Å². The number of hydrogen-bond acceptors (Lipinski definition) is 4. The maximum absolute atomic E-state index is 11.2. The standard InChI is InChI=1S/C10H14O4/c11-9(7-3-1-4-7)13-14-10(12)8-5-2-6-8/h7-8H,1-6H2. The van der Waals surface area contributed by atoms with Crippen LogP contribution in [0.2, 0.25) is 0 Å². The quantitative estimate of drug-likeness (QED) is 0.499. The van der Waals surface area contributed by atoms with Crippen LogP contribution in [0.5, 0.6) is 0 Å². The molecule has 0 unspecified atom stereocenters. The van der Waals surface area contributed by atoms with E-state index in [9.17, 15) is 9.59 Å². The lowest BCUT2D eigenvalue weighted by molar-refractivity contribution is -0.268. The van der Waals surface area contributed by atoms with E-state index in [0.717, 1.165) is 38.5 Å². The molecule has 2 saturated carbocycles. The lowest BCUT2D eigenvalue weighted by Crippen LogP contribution is -2.29. The van der Waals surface area contributed by atoms with Gasteiger partial charge in [-0.05, 0) is 25.7 Å². The van der Waals surface area contributed by atoms with Gasteiger partial charge in [0.15, 0.2) is 0 Å². The Kier molecular flexibility index (Phi) is 2.70. The van der Waals surface area contributed by atoms with Crippen LogP contribution in [0.3, 0.4) is 0 Å². The zero-order valence-corrected chi connectivity index (χ0v) is 8.03. The highest BCUT2D eigenvalue weighted by molar-refractivity contribution is 5.76. The normalized spacial score (nSPS) is 22.0. The van der Waals surface area contributed by atoms with Gasteiger partial charge in [0.1, 0.15) is 0 Å². The zero-order chi connectivity index (χ0) is 9.97. The number of carbonyl (C=O) groups is 2. The molecule has 78 valence electrons. The van der Waals surface area contributed by atoms with Crippen molar-refractivity contribution in [3.8, 4) is 0 Å². The summed E-state index contributed by atoms with van der Waals surface area (Å²) >= 11 is 0. The lowest BCUT2D eigenvalue weighted by atomic mass is 9.85. The number of carbonyl (C=O) groups excluding carboxylic acids is 2. The first kappa shape index (κ1) is 9.49. The third kappa shape index (κ3) is 1.89. The van der Waals surface area contributed by atoms with E-state index in [1.54, 1.807) is 0 Å².